The first-order chi connectivity index (χ1) is 17.0. The highest BCUT2D eigenvalue weighted by molar-refractivity contribution is 6.22. The van der Waals surface area contributed by atoms with Gasteiger partial charge in [-0.1, -0.05) is 0 Å². The minimum Gasteiger partial charge on any atom is -0.501 e. The predicted molar refractivity (Wildman–Crippen MR) is 132 cm³/mol. The molecular formula is C25H33N3O8. The topological polar surface area (TPSA) is 129 Å². The van der Waals surface area contributed by atoms with Crippen LogP contribution in [0.3, 0.4) is 0 Å². The van der Waals surface area contributed by atoms with E-state index >= 15 is 0 Å². The summed E-state index contributed by atoms with van der Waals surface area (Å²) in [4.78, 5) is 45.4. The highest BCUT2D eigenvalue weighted by atomic mass is 16.6. The lowest BCUT2D eigenvalue weighted by molar-refractivity contribution is -0.142. The lowest BCUT2D eigenvalue weighted by Crippen LogP contribution is -2.36. The molecule has 1 aliphatic rings. The number of nitrogens with zero attached hydrogens (tertiary/aromatic N) is 3. The number of anilines is 1. The molecule has 0 amide bonds. The quantitative estimate of drug-likeness (QED) is 0.271. The molecule has 11 heteroatoms. The molecule has 1 N–H and O–H groups in total. The molecule has 36 heavy (non-hydrogen) atoms. The fourth-order valence-corrected chi connectivity index (χ4v) is 3.79. The molecule has 1 aromatic carbocycles. The number of aliphatic hydroxyl groups excluding tert-OH is 1. The number of morpholine rings is 1. The average Bonchev–Trinajstić information content (AvgIpc) is 3.18. The van der Waals surface area contributed by atoms with Gasteiger partial charge in [0, 0.05) is 18.8 Å². The molecule has 0 spiro atoms. The van der Waals surface area contributed by atoms with Crippen LogP contribution in [0.4, 0.5) is 10.5 Å². The van der Waals surface area contributed by atoms with Gasteiger partial charge in [0.2, 0.25) is 5.76 Å². The van der Waals surface area contributed by atoms with E-state index in [1.807, 2.05) is 13.0 Å². The van der Waals surface area contributed by atoms with E-state index in [1.165, 1.54) is 0 Å². The summed E-state index contributed by atoms with van der Waals surface area (Å²) in [6, 6.07) is 3.68. The van der Waals surface area contributed by atoms with Crippen LogP contribution in [-0.4, -0.2) is 77.8 Å². The van der Waals surface area contributed by atoms with Crippen molar-refractivity contribution in [3.63, 3.8) is 0 Å². The number of aryl methyl sites for hydroxylation is 1. The summed E-state index contributed by atoms with van der Waals surface area (Å²) in [7, 11) is 0. The summed E-state index contributed by atoms with van der Waals surface area (Å²) in [6.45, 7) is 12.4. The van der Waals surface area contributed by atoms with Crippen LogP contribution in [0.5, 0.6) is 0 Å². The van der Waals surface area contributed by atoms with Gasteiger partial charge in [-0.05, 0) is 59.2 Å². The van der Waals surface area contributed by atoms with Crippen molar-refractivity contribution in [3.8, 4) is 0 Å². The number of aromatic nitrogens is 2. The molecule has 0 unspecified atom stereocenters. The summed E-state index contributed by atoms with van der Waals surface area (Å²) in [5.74, 6) is -3.48. The number of ether oxygens (including phenoxy) is 4. The second kappa shape index (κ2) is 11.0. The van der Waals surface area contributed by atoms with Crippen LogP contribution in [0.2, 0.25) is 0 Å². The third-order valence-corrected chi connectivity index (χ3v) is 5.30. The smallest absolute Gasteiger partial charge is 0.420 e. The molecule has 2 aromatic rings. The molecule has 0 aliphatic carbocycles. The Morgan fingerprint density at radius 1 is 1.06 bits per heavy atom. The van der Waals surface area contributed by atoms with Crippen molar-refractivity contribution >= 4 is 40.3 Å². The number of imidazole rings is 1. The zero-order valence-corrected chi connectivity index (χ0v) is 21.5. The molecule has 196 valence electrons. The summed E-state index contributed by atoms with van der Waals surface area (Å²) in [5, 5.41) is 10.7. The van der Waals surface area contributed by atoms with Gasteiger partial charge in [0.25, 0.3) is 0 Å². The van der Waals surface area contributed by atoms with E-state index in [4.69, 9.17) is 18.9 Å². The summed E-state index contributed by atoms with van der Waals surface area (Å²) in [5.41, 5.74) is 0.821. The van der Waals surface area contributed by atoms with Gasteiger partial charge in [-0.25, -0.2) is 23.9 Å². The maximum atomic E-state index is 13.5. The number of aliphatic hydroxyl groups is 1. The molecule has 1 aromatic heterocycles. The number of rotatable bonds is 6. The van der Waals surface area contributed by atoms with E-state index in [1.54, 1.807) is 40.7 Å². The maximum Gasteiger partial charge on any atom is 0.420 e. The van der Waals surface area contributed by atoms with E-state index < -0.39 is 35.0 Å². The minimum absolute atomic E-state index is 0.0364. The molecule has 1 aliphatic heterocycles. The monoisotopic (exact) mass is 503 g/mol. The summed E-state index contributed by atoms with van der Waals surface area (Å²) < 4.78 is 22.1. The lowest BCUT2D eigenvalue weighted by Gasteiger charge is -2.29. The van der Waals surface area contributed by atoms with Crippen molar-refractivity contribution in [2.45, 2.75) is 47.1 Å². The summed E-state index contributed by atoms with van der Waals surface area (Å²) >= 11 is 0. The van der Waals surface area contributed by atoms with Gasteiger partial charge in [-0.3, -0.25) is 0 Å². The Bertz CT molecular complexity index is 1190. The highest BCUT2D eigenvalue weighted by Gasteiger charge is 2.33. The Kier molecular flexibility index (Phi) is 8.24. The van der Waals surface area contributed by atoms with E-state index in [0.717, 1.165) is 15.8 Å². The van der Waals surface area contributed by atoms with Crippen molar-refractivity contribution < 1.29 is 38.4 Å². The summed E-state index contributed by atoms with van der Waals surface area (Å²) in [6.07, 6.45) is -0.836. The fourth-order valence-electron chi connectivity index (χ4n) is 3.79. The number of hydrogen-bond donors (Lipinski definition) is 1. The van der Waals surface area contributed by atoms with E-state index in [-0.39, 0.29) is 19.0 Å². The fraction of sp³-hybridized carbons (Fsp3) is 0.520. The number of hydrogen-bond acceptors (Lipinski definition) is 10. The number of carbonyl (C=O) groups is 3. The van der Waals surface area contributed by atoms with Crippen LogP contribution < -0.4 is 4.90 Å². The van der Waals surface area contributed by atoms with Gasteiger partial charge in [0.1, 0.15) is 5.60 Å². The van der Waals surface area contributed by atoms with E-state index in [2.05, 4.69) is 9.88 Å². The predicted octanol–water partition coefficient (Wildman–Crippen LogP) is 3.36. The van der Waals surface area contributed by atoms with Crippen LogP contribution in [0.25, 0.3) is 16.6 Å². The van der Waals surface area contributed by atoms with Gasteiger partial charge >= 0.3 is 18.0 Å². The second-order valence-corrected chi connectivity index (χ2v) is 9.15. The first kappa shape index (κ1) is 27.0. The van der Waals surface area contributed by atoms with Crippen LogP contribution in [-0.2, 0) is 28.5 Å². The normalized spacial score (nSPS) is 14.9. The number of esters is 2. The van der Waals surface area contributed by atoms with Crippen molar-refractivity contribution in [2.24, 2.45) is 0 Å². The molecule has 0 radical (unpaired) electrons. The maximum absolute atomic E-state index is 13.5. The molecule has 2 heterocycles. The molecule has 11 nitrogen and oxygen atoms in total. The zero-order valence-electron chi connectivity index (χ0n) is 21.5. The minimum atomic E-state index is -1.14. The number of benzene rings is 1. The molecule has 0 saturated carbocycles. The highest BCUT2D eigenvalue weighted by Crippen LogP contribution is 2.32. The van der Waals surface area contributed by atoms with Gasteiger partial charge in [0.15, 0.2) is 11.4 Å². The molecule has 0 bridgehead atoms. The molecular weight excluding hydrogens is 470 g/mol. The van der Waals surface area contributed by atoms with E-state index in [0.29, 0.717) is 37.3 Å². The standard InChI is InChI=1S/C25H33N3O8/c1-7-34-22(30)18(20(29)23(31)35-8-2)21-26-19-15(3)13-16(27-9-11-33-12-10-27)14-17(19)28(21)24(32)36-25(4,5)6/h13-14,29H,7-12H2,1-6H3. The van der Waals surface area contributed by atoms with Crippen LogP contribution in [0.1, 0.15) is 46.0 Å². The second-order valence-electron chi connectivity index (χ2n) is 9.15. The Hall–Kier alpha value is -3.60. The first-order valence-corrected chi connectivity index (χ1v) is 11.9. The molecule has 1 fully saturated rings. The Balaban J connectivity index is 2.34. The number of carbonyl (C=O) groups excluding carboxylic acids is 3. The average molecular weight is 504 g/mol. The van der Waals surface area contributed by atoms with Gasteiger partial charge < -0.3 is 29.0 Å². The Labute approximate surface area is 209 Å². The largest absolute Gasteiger partial charge is 0.501 e. The first-order valence-electron chi connectivity index (χ1n) is 11.9. The van der Waals surface area contributed by atoms with Crippen LogP contribution >= 0.6 is 0 Å². The molecule has 3 rings (SSSR count). The van der Waals surface area contributed by atoms with Crippen molar-refractivity contribution in [2.75, 3.05) is 44.4 Å². The van der Waals surface area contributed by atoms with Gasteiger partial charge in [0.05, 0.1) is 37.5 Å². The lowest BCUT2D eigenvalue weighted by atomic mass is 10.1. The van der Waals surface area contributed by atoms with E-state index in [9.17, 15) is 19.5 Å². The van der Waals surface area contributed by atoms with Gasteiger partial charge in [-0.15, -0.1) is 0 Å². The molecule has 1 saturated heterocycles. The van der Waals surface area contributed by atoms with Crippen LogP contribution in [0.15, 0.2) is 17.9 Å². The third-order valence-electron chi connectivity index (χ3n) is 5.30. The number of fused-ring (bicyclic) bond motifs is 1. The SMILES string of the molecule is CCOC(=O)C(O)=C(C(=O)OCC)c1nc2c(C)cc(N3CCOCC3)cc2n1C(=O)OC(C)(C)C. The molecule has 0 atom stereocenters. The Morgan fingerprint density at radius 2 is 1.67 bits per heavy atom. The Morgan fingerprint density at radius 3 is 2.25 bits per heavy atom. The van der Waals surface area contributed by atoms with Crippen molar-refractivity contribution in [1.82, 2.24) is 9.55 Å². The van der Waals surface area contributed by atoms with Crippen molar-refractivity contribution in [1.29, 1.82) is 0 Å². The zero-order chi connectivity index (χ0) is 26.6. The van der Waals surface area contributed by atoms with Crippen molar-refractivity contribution in [3.05, 3.63) is 29.3 Å². The third kappa shape index (κ3) is 5.78. The van der Waals surface area contributed by atoms with Gasteiger partial charge in [-0.2, -0.15) is 0 Å². The van der Waals surface area contributed by atoms with Crippen LogP contribution in [0, 0.1) is 6.92 Å².